The maximum absolute atomic E-state index is 12.4. The standard InChI is InChI=1S/C19H25N7OS/c1-14-15-13-16(28-18(15)24(2)23-14)17(27)20-7-4-8-25-9-11-26(12-10-25)19-21-5-3-6-22-19/h3,5-6,13H,4,7-12H2,1-2H3,(H,20,27). The number of carbonyl (C=O) groups excluding carboxylic acids is 1. The fourth-order valence-corrected chi connectivity index (χ4v) is 4.57. The SMILES string of the molecule is Cc1nn(C)c2sc(C(=O)NCCCN3CCN(c4ncccn4)CC3)cc12. The Hall–Kier alpha value is -2.52. The van der Waals surface area contributed by atoms with Crippen LogP contribution in [-0.4, -0.2) is 69.8 Å². The monoisotopic (exact) mass is 399 g/mol. The van der Waals surface area contributed by atoms with E-state index in [-0.39, 0.29) is 5.91 Å². The number of fused-ring (bicyclic) bond motifs is 1. The van der Waals surface area contributed by atoms with Crippen LogP contribution < -0.4 is 10.2 Å². The number of hydrogen-bond acceptors (Lipinski definition) is 7. The van der Waals surface area contributed by atoms with E-state index in [0.29, 0.717) is 6.54 Å². The van der Waals surface area contributed by atoms with Crippen LogP contribution in [0.3, 0.4) is 0 Å². The lowest BCUT2D eigenvalue weighted by Crippen LogP contribution is -2.47. The van der Waals surface area contributed by atoms with E-state index in [1.54, 1.807) is 12.4 Å². The van der Waals surface area contributed by atoms with Gasteiger partial charge >= 0.3 is 0 Å². The molecule has 1 aliphatic heterocycles. The maximum Gasteiger partial charge on any atom is 0.261 e. The molecule has 1 aliphatic rings. The summed E-state index contributed by atoms with van der Waals surface area (Å²) in [5.74, 6) is 0.815. The van der Waals surface area contributed by atoms with Gasteiger partial charge in [-0.2, -0.15) is 5.10 Å². The van der Waals surface area contributed by atoms with Crippen molar-refractivity contribution in [2.45, 2.75) is 13.3 Å². The van der Waals surface area contributed by atoms with E-state index in [9.17, 15) is 4.79 Å². The van der Waals surface area contributed by atoms with Crippen molar-refractivity contribution in [1.29, 1.82) is 0 Å². The number of nitrogens with zero attached hydrogens (tertiary/aromatic N) is 6. The van der Waals surface area contributed by atoms with Crippen LogP contribution in [0.25, 0.3) is 10.2 Å². The second-order valence-corrected chi connectivity index (χ2v) is 8.06. The number of rotatable bonds is 6. The lowest BCUT2D eigenvalue weighted by molar-refractivity contribution is 0.0955. The topological polar surface area (TPSA) is 79.2 Å². The van der Waals surface area contributed by atoms with E-state index in [1.807, 2.05) is 30.8 Å². The molecule has 0 spiro atoms. The Bertz CT molecular complexity index is 910. The number of hydrogen-bond donors (Lipinski definition) is 1. The largest absolute Gasteiger partial charge is 0.351 e. The number of thiophene rings is 1. The number of anilines is 1. The van der Waals surface area contributed by atoms with Crippen molar-refractivity contribution < 1.29 is 4.79 Å². The zero-order chi connectivity index (χ0) is 19.5. The number of piperazine rings is 1. The molecule has 4 heterocycles. The van der Waals surface area contributed by atoms with Gasteiger partial charge in [0.25, 0.3) is 5.91 Å². The van der Waals surface area contributed by atoms with E-state index >= 15 is 0 Å². The molecule has 1 saturated heterocycles. The van der Waals surface area contributed by atoms with Gasteiger partial charge in [0.05, 0.1) is 10.6 Å². The first-order chi connectivity index (χ1) is 13.6. The fraction of sp³-hybridized carbons (Fsp3) is 0.474. The molecule has 0 unspecified atom stereocenters. The summed E-state index contributed by atoms with van der Waals surface area (Å²) in [4.78, 5) is 27.5. The average Bonchev–Trinajstić information content (AvgIpc) is 3.28. The molecule has 0 aromatic carbocycles. The smallest absolute Gasteiger partial charge is 0.261 e. The predicted octanol–water partition coefficient (Wildman–Crippen LogP) is 1.68. The van der Waals surface area contributed by atoms with Crippen LogP contribution in [-0.2, 0) is 7.05 Å². The fourth-order valence-electron chi connectivity index (χ4n) is 3.53. The summed E-state index contributed by atoms with van der Waals surface area (Å²) in [6, 6.07) is 3.79. The zero-order valence-corrected chi connectivity index (χ0v) is 17.1. The molecule has 0 aliphatic carbocycles. The summed E-state index contributed by atoms with van der Waals surface area (Å²) >= 11 is 1.50. The molecule has 0 atom stereocenters. The van der Waals surface area contributed by atoms with Crippen molar-refractivity contribution in [3.8, 4) is 0 Å². The Kier molecular flexibility index (Phi) is 5.54. The minimum atomic E-state index is 0.00615. The normalized spacial score (nSPS) is 15.3. The maximum atomic E-state index is 12.4. The van der Waals surface area contributed by atoms with E-state index in [0.717, 1.165) is 65.9 Å². The first-order valence-corrected chi connectivity index (χ1v) is 10.4. The molecule has 4 rings (SSSR count). The van der Waals surface area contributed by atoms with Crippen LogP contribution in [0.4, 0.5) is 5.95 Å². The lowest BCUT2D eigenvalue weighted by atomic mass is 10.3. The van der Waals surface area contributed by atoms with Gasteiger partial charge in [-0.15, -0.1) is 11.3 Å². The van der Waals surface area contributed by atoms with Crippen molar-refractivity contribution >= 4 is 33.4 Å². The van der Waals surface area contributed by atoms with E-state index in [1.165, 1.54) is 11.3 Å². The Balaban J connectivity index is 1.19. The third-order valence-electron chi connectivity index (χ3n) is 5.06. The molecule has 28 heavy (non-hydrogen) atoms. The zero-order valence-electron chi connectivity index (χ0n) is 16.3. The van der Waals surface area contributed by atoms with Gasteiger partial charge in [0, 0.05) is 57.6 Å². The number of carbonyl (C=O) groups is 1. The minimum absolute atomic E-state index is 0.00615. The molecule has 1 fully saturated rings. The van der Waals surface area contributed by atoms with Crippen LogP contribution in [0.15, 0.2) is 24.5 Å². The highest BCUT2D eigenvalue weighted by molar-refractivity contribution is 7.20. The lowest BCUT2D eigenvalue weighted by Gasteiger charge is -2.34. The van der Waals surface area contributed by atoms with Crippen LogP contribution >= 0.6 is 11.3 Å². The summed E-state index contributed by atoms with van der Waals surface area (Å²) in [5.41, 5.74) is 0.966. The molecule has 0 bridgehead atoms. The average molecular weight is 400 g/mol. The number of amides is 1. The summed E-state index contributed by atoms with van der Waals surface area (Å²) < 4.78 is 1.84. The second kappa shape index (κ2) is 8.24. The first kappa shape index (κ1) is 18.8. The van der Waals surface area contributed by atoms with Gasteiger partial charge in [-0.25, -0.2) is 9.97 Å². The van der Waals surface area contributed by atoms with Gasteiger partial charge in [-0.1, -0.05) is 0 Å². The molecule has 1 amide bonds. The molecule has 3 aromatic heterocycles. The van der Waals surface area contributed by atoms with E-state index in [2.05, 4.69) is 30.2 Å². The van der Waals surface area contributed by atoms with Gasteiger partial charge in [0.2, 0.25) is 5.95 Å². The molecule has 0 saturated carbocycles. The molecular formula is C19H25N7OS. The Labute approximate surface area is 168 Å². The van der Waals surface area contributed by atoms with E-state index < -0.39 is 0 Å². The third-order valence-corrected chi connectivity index (χ3v) is 6.26. The molecule has 3 aromatic rings. The first-order valence-electron chi connectivity index (χ1n) is 9.57. The predicted molar refractivity (Wildman–Crippen MR) is 111 cm³/mol. The Morgan fingerprint density at radius 2 is 1.96 bits per heavy atom. The molecule has 0 radical (unpaired) electrons. The van der Waals surface area contributed by atoms with Crippen molar-refractivity contribution in [1.82, 2.24) is 30.0 Å². The molecule has 8 nitrogen and oxygen atoms in total. The molecule has 9 heteroatoms. The highest BCUT2D eigenvalue weighted by Gasteiger charge is 2.18. The van der Waals surface area contributed by atoms with Crippen molar-refractivity contribution in [3.63, 3.8) is 0 Å². The highest BCUT2D eigenvalue weighted by atomic mass is 32.1. The number of aromatic nitrogens is 4. The van der Waals surface area contributed by atoms with Crippen molar-refractivity contribution in [2.75, 3.05) is 44.2 Å². The number of nitrogens with one attached hydrogen (secondary N) is 1. The van der Waals surface area contributed by atoms with Crippen molar-refractivity contribution in [3.05, 3.63) is 35.1 Å². The van der Waals surface area contributed by atoms with Crippen LogP contribution in [0.5, 0.6) is 0 Å². The van der Waals surface area contributed by atoms with Gasteiger partial charge < -0.3 is 10.2 Å². The van der Waals surface area contributed by atoms with Gasteiger partial charge in [-0.05, 0) is 32.0 Å². The van der Waals surface area contributed by atoms with Gasteiger partial charge in [-0.3, -0.25) is 14.4 Å². The highest BCUT2D eigenvalue weighted by Crippen LogP contribution is 2.27. The summed E-state index contributed by atoms with van der Waals surface area (Å²) in [7, 11) is 1.91. The number of aryl methyl sites for hydroxylation is 2. The van der Waals surface area contributed by atoms with Crippen LogP contribution in [0.2, 0.25) is 0 Å². The molecular weight excluding hydrogens is 374 g/mol. The second-order valence-electron chi connectivity index (χ2n) is 7.03. The summed E-state index contributed by atoms with van der Waals surface area (Å²) in [5, 5.41) is 8.50. The van der Waals surface area contributed by atoms with Crippen LogP contribution in [0.1, 0.15) is 21.8 Å². The molecule has 1 N–H and O–H groups in total. The quantitative estimate of drug-likeness (QED) is 0.636. The van der Waals surface area contributed by atoms with Gasteiger partial charge in [0.15, 0.2) is 0 Å². The molecule has 148 valence electrons. The Morgan fingerprint density at radius 3 is 2.68 bits per heavy atom. The van der Waals surface area contributed by atoms with E-state index in [4.69, 9.17) is 0 Å². The minimum Gasteiger partial charge on any atom is -0.351 e. The Morgan fingerprint density at radius 1 is 1.21 bits per heavy atom. The van der Waals surface area contributed by atoms with Crippen molar-refractivity contribution in [2.24, 2.45) is 7.05 Å². The van der Waals surface area contributed by atoms with Gasteiger partial charge in [0.1, 0.15) is 4.83 Å². The third kappa shape index (κ3) is 4.00. The summed E-state index contributed by atoms with van der Waals surface area (Å²) in [6.07, 6.45) is 4.51. The summed E-state index contributed by atoms with van der Waals surface area (Å²) in [6.45, 7) is 7.51. The van der Waals surface area contributed by atoms with Crippen LogP contribution in [0, 0.1) is 6.92 Å².